The number of carboxylic acids is 2. The average molecular weight is 266 g/mol. The van der Waals surface area contributed by atoms with Gasteiger partial charge in [-0.25, -0.2) is 9.59 Å². The largest absolute Gasteiger partial charge is 0.478 e. The van der Waals surface area contributed by atoms with Crippen LogP contribution in [0.1, 0.15) is 0 Å². The Morgan fingerprint density at radius 2 is 1.29 bits per heavy atom. The van der Waals surface area contributed by atoms with Gasteiger partial charge < -0.3 is 10.2 Å². The minimum absolute atomic E-state index is 0.631. The van der Waals surface area contributed by atoms with E-state index >= 15 is 0 Å². The maximum absolute atomic E-state index is 12.1. The number of hydrogen-bond acceptors (Lipinski definition) is 2. The molecule has 4 nitrogen and oxygen atoms in total. The SMILES string of the molecule is O=C(O)/C=C(\C(=O)O)C(C(F)(F)F)C(F)(F)F. The molecule has 0 aromatic heterocycles. The first-order valence-electron chi connectivity index (χ1n) is 3.68. The van der Waals surface area contributed by atoms with Gasteiger partial charge in [-0.1, -0.05) is 0 Å². The first kappa shape index (κ1) is 15.3. The number of carbonyl (C=O) groups is 2. The molecule has 0 bridgehead atoms. The van der Waals surface area contributed by atoms with E-state index in [1.165, 1.54) is 0 Å². The van der Waals surface area contributed by atoms with Gasteiger partial charge in [0.15, 0.2) is 5.92 Å². The molecule has 0 aromatic rings. The summed E-state index contributed by atoms with van der Waals surface area (Å²) in [6.07, 6.45) is -12.5. The molecule has 2 N–H and O–H groups in total. The zero-order valence-electron chi connectivity index (χ0n) is 7.63. The zero-order valence-corrected chi connectivity index (χ0v) is 7.63. The Morgan fingerprint density at radius 1 is 0.941 bits per heavy atom. The molecular weight excluding hydrogens is 262 g/mol. The third-order valence-electron chi connectivity index (χ3n) is 1.49. The van der Waals surface area contributed by atoms with Crippen molar-refractivity contribution in [1.82, 2.24) is 0 Å². The number of aliphatic carboxylic acids is 2. The highest BCUT2D eigenvalue weighted by Gasteiger charge is 2.60. The minimum Gasteiger partial charge on any atom is -0.478 e. The van der Waals surface area contributed by atoms with Gasteiger partial charge in [-0.15, -0.1) is 0 Å². The number of halogens is 6. The van der Waals surface area contributed by atoms with Gasteiger partial charge in [-0.2, -0.15) is 26.3 Å². The van der Waals surface area contributed by atoms with Crippen LogP contribution in [0.25, 0.3) is 0 Å². The van der Waals surface area contributed by atoms with E-state index in [4.69, 9.17) is 10.2 Å². The lowest BCUT2D eigenvalue weighted by molar-refractivity contribution is -0.271. The minimum atomic E-state index is -5.95. The van der Waals surface area contributed by atoms with Crippen molar-refractivity contribution < 1.29 is 46.1 Å². The van der Waals surface area contributed by atoms with Crippen LogP contribution in [0.3, 0.4) is 0 Å². The van der Waals surface area contributed by atoms with E-state index in [1.54, 1.807) is 0 Å². The fraction of sp³-hybridized carbons (Fsp3) is 0.429. The van der Waals surface area contributed by atoms with E-state index in [0.29, 0.717) is 0 Å². The fourth-order valence-electron chi connectivity index (χ4n) is 0.940. The Hall–Kier alpha value is -1.74. The van der Waals surface area contributed by atoms with Crippen molar-refractivity contribution in [2.75, 3.05) is 0 Å². The fourth-order valence-corrected chi connectivity index (χ4v) is 0.940. The smallest absolute Gasteiger partial charge is 0.404 e. The lowest BCUT2D eigenvalue weighted by Crippen LogP contribution is -2.40. The topological polar surface area (TPSA) is 74.6 Å². The predicted octanol–water partition coefficient (Wildman–Crippen LogP) is 1.82. The van der Waals surface area contributed by atoms with E-state index in [2.05, 4.69) is 0 Å². The van der Waals surface area contributed by atoms with Crippen molar-refractivity contribution in [3.05, 3.63) is 11.6 Å². The summed E-state index contributed by atoms with van der Waals surface area (Å²) < 4.78 is 72.4. The molecule has 10 heteroatoms. The van der Waals surface area contributed by atoms with Crippen LogP contribution in [-0.4, -0.2) is 34.5 Å². The number of carboxylic acid groups (broad SMARTS) is 2. The highest BCUT2D eigenvalue weighted by molar-refractivity contribution is 5.95. The molecule has 0 heterocycles. The summed E-state index contributed by atoms with van der Waals surface area (Å²) in [4.78, 5) is 20.2. The summed E-state index contributed by atoms with van der Waals surface area (Å²) in [6, 6.07) is 0. The molecule has 0 aliphatic carbocycles. The van der Waals surface area contributed by atoms with Crippen molar-refractivity contribution in [3.63, 3.8) is 0 Å². The third-order valence-corrected chi connectivity index (χ3v) is 1.49. The number of alkyl halides is 6. The molecule has 0 rings (SSSR count). The van der Waals surface area contributed by atoms with Gasteiger partial charge in [0.05, 0.1) is 5.57 Å². The van der Waals surface area contributed by atoms with Crippen molar-refractivity contribution in [1.29, 1.82) is 0 Å². The summed E-state index contributed by atoms with van der Waals surface area (Å²) in [5, 5.41) is 16.2. The van der Waals surface area contributed by atoms with E-state index in [0.717, 1.165) is 0 Å². The van der Waals surface area contributed by atoms with Crippen molar-refractivity contribution in [2.45, 2.75) is 12.4 Å². The normalized spacial score (nSPS) is 13.9. The molecule has 0 fully saturated rings. The van der Waals surface area contributed by atoms with Crippen LogP contribution in [0, 0.1) is 5.92 Å². The van der Waals surface area contributed by atoms with Crippen LogP contribution in [0.15, 0.2) is 11.6 Å². The summed E-state index contributed by atoms with van der Waals surface area (Å²) in [6.45, 7) is 0. The molecule has 0 spiro atoms. The van der Waals surface area contributed by atoms with Gasteiger partial charge in [0.1, 0.15) is 0 Å². The average Bonchev–Trinajstić information content (AvgIpc) is 1.95. The predicted molar refractivity (Wildman–Crippen MR) is 39.0 cm³/mol. The van der Waals surface area contributed by atoms with Crippen LogP contribution in [0.5, 0.6) is 0 Å². The quantitative estimate of drug-likeness (QED) is 0.603. The Labute approximate surface area is 89.1 Å². The molecular formula is C7H4F6O4. The Morgan fingerprint density at radius 3 is 1.47 bits per heavy atom. The summed E-state index contributed by atoms with van der Waals surface area (Å²) >= 11 is 0. The van der Waals surface area contributed by atoms with Gasteiger partial charge in [0.2, 0.25) is 0 Å². The molecule has 0 aliphatic rings. The monoisotopic (exact) mass is 266 g/mol. The van der Waals surface area contributed by atoms with E-state index in [9.17, 15) is 35.9 Å². The third kappa shape index (κ3) is 4.33. The summed E-state index contributed by atoms with van der Waals surface area (Å²) in [5.74, 6) is -9.17. The van der Waals surface area contributed by atoms with Gasteiger partial charge >= 0.3 is 24.3 Å². The van der Waals surface area contributed by atoms with Gasteiger partial charge in [0.25, 0.3) is 0 Å². The highest BCUT2D eigenvalue weighted by atomic mass is 19.4. The molecule has 0 unspecified atom stereocenters. The van der Waals surface area contributed by atoms with Crippen LogP contribution < -0.4 is 0 Å². The van der Waals surface area contributed by atoms with Crippen LogP contribution in [-0.2, 0) is 9.59 Å². The van der Waals surface area contributed by atoms with Crippen LogP contribution in [0.2, 0.25) is 0 Å². The van der Waals surface area contributed by atoms with Crippen molar-refractivity contribution in [3.8, 4) is 0 Å². The second-order valence-electron chi connectivity index (χ2n) is 2.76. The zero-order chi connectivity index (χ0) is 14.0. The first-order valence-corrected chi connectivity index (χ1v) is 3.68. The maximum Gasteiger partial charge on any atom is 0.404 e. The van der Waals surface area contributed by atoms with Crippen LogP contribution in [0.4, 0.5) is 26.3 Å². The van der Waals surface area contributed by atoms with E-state index in [-0.39, 0.29) is 0 Å². The molecule has 0 aliphatic heterocycles. The molecule has 0 radical (unpaired) electrons. The lowest BCUT2D eigenvalue weighted by atomic mass is 9.97. The molecule has 0 atom stereocenters. The van der Waals surface area contributed by atoms with Crippen molar-refractivity contribution >= 4 is 11.9 Å². The Kier molecular flexibility index (Phi) is 4.16. The molecule has 0 saturated carbocycles. The standard InChI is InChI=1S/C7H4F6O4/c8-6(9,10)4(7(11,12)13)2(5(16)17)1-3(14)15/h1,4H,(H,14,15)(H,16,17)/b2-1-. The summed E-state index contributed by atoms with van der Waals surface area (Å²) in [5.41, 5.74) is -2.29. The van der Waals surface area contributed by atoms with Crippen LogP contribution >= 0.6 is 0 Å². The molecule has 17 heavy (non-hydrogen) atoms. The molecule has 0 aromatic carbocycles. The second kappa shape index (κ2) is 4.63. The first-order chi connectivity index (χ1) is 7.37. The molecule has 98 valence electrons. The lowest BCUT2D eigenvalue weighted by Gasteiger charge is -2.23. The van der Waals surface area contributed by atoms with E-state index in [1.807, 2.05) is 0 Å². The number of hydrogen-bond donors (Lipinski definition) is 2. The van der Waals surface area contributed by atoms with E-state index < -0.39 is 41.9 Å². The van der Waals surface area contributed by atoms with Gasteiger partial charge in [-0.3, -0.25) is 0 Å². The molecule has 0 saturated heterocycles. The molecule has 0 amide bonds. The second-order valence-corrected chi connectivity index (χ2v) is 2.76. The Balaban J connectivity index is 5.74. The van der Waals surface area contributed by atoms with Gasteiger partial charge in [0, 0.05) is 6.08 Å². The van der Waals surface area contributed by atoms with Crippen molar-refractivity contribution in [2.24, 2.45) is 5.92 Å². The van der Waals surface area contributed by atoms with Gasteiger partial charge in [-0.05, 0) is 0 Å². The Bertz CT molecular complexity index is 338. The maximum atomic E-state index is 12.1. The summed E-state index contributed by atoms with van der Waals surface area (Å²) in [7, 11) is 0. The number of rotatable bonds is 3. The highest BCUT2D eigenvalue weighted by Crippen LogP contribution is 2.43.